The third-order valence-corrected chi connectivity index (χ3v) is 5.43. The third-order valence-electron chi connectivity index (χ3n) is 5.43. The Morgan fingerprint density at radius 2 is 1.31 bits per heavy atom. The minimum atomic E-state index is 1.03. The van der Waals surface area contributed by atoms with Crippen LogP contribution in [-0.4, -0.2) is 30.4 Å². The Balaban J connectivity index is 1.80. The zero-order valence-electron chi connectivity index (χ0n) is 18.0. The molecule has 2 nitrogen and oxygen atoms in total. The minimum absolute atomic E-state index is 1.03. The van der Waals surface area contributed by atoms with Crippen molar-refractivity contribution < 1.29 is 0 Å². The molecular formula is C24H46N2. The number of hydrogen-bond donors (Lipinski definition) is 0. The van der Waals surface area contributed by atoms with Gasteiger partial charge in [0.2, 0.25) is 0 Å². The van der Waals surface area contributed by atoms with Crippen molar-refractivity contribution in [2.75, 3.05) is 19.6 Å². The first-order valence-electron chi connectivity index (χ1n) is 11.8. The predicted octanol–water partition coefficient (Wildman–Crippen LogP) is 7.54. The summed E-state index contributed by atoms with van der Waals surface area (Å²) in [6.07, 6.45) is 26.7. The van der Waals surface area contributed by atoms with Gasteiger partial charge in [0.05, 0.1) is 12.4 Å². The van der Waals surface area contributed by atoms with Gasteiger partial charge in [-0.1, -0.05) is 83.8 Å². The molecule has 0 radical (unpaired) electrons. The van der Waals surface area contributed by atoms with Gasteiger partial charge in [-0.15, -0.1) is 0 Å². The van der Waals surface area contributed by atoms with Gasteiger partial charge in [-0.05, 0) is 38.5 Å². The maximum Gasteiger partial charge on any atom is 0.0990 e. The molecule has 0 aromatic carbocycles. The monoisotopic (exact) mass is 362 g/mol. The fourth-order valence-electron chi connectivity index (χ4n) is 3.81. The predicted molar refractivity (Wildman–Crippen MR) is 118 cm³/mol. The highest BCUT2D eigenvalue weighted by Gasteiger charge is 2.14. The number of nitrogens with zero attached hydrogens (tertiary/aromatic N) is 2. The second kappa shape index (κ2) is 17.6. The van der Waals surface area contributed by atoms with Crippen LogP contribution in [0.3, 0.4) is 0 Å². The van der Waals surface area contributed by atoms with Crippen molar-refractivity contribution in [1.29, 1.82) is 0 Å². The Morgan fingerprint density at radius 3 is 1.92 bits per heavy atom. The molecule has 0 saturated carbocycles. The summed E-state index contributed by atoms with van der Waals surface area (Å²) in [6, 6.07) is 0. The van der Waals surface area contributed by atoms with Crippen LogP contribution in [0.25, 0.3) is 0 Å². The lowest BCUT2D eigenvalue weighted by Gasteiger charge is -2.19. The highest BCUT2D eigenvalue weighted by atomic mass is 15.2. The van der Waals surface area contributed by atoms with Crippen molar-refractivity contribution in [3.63, 3.8) is 0 Å². The van der Waals surface area contributed by atoms with E-state index >= 15 is 0 Å². The van der Waals surface area contributed by atoms with Crippen molar-refractivity contribution >= 4 is 5.84 Å². The van der Waals surface area contributed by atoms with Crippen LogP contribution in [0.2, 0.25) is 0 Å². The molecule has 1 heterocycles. The summed E-state index contributed by atoms with van der Waals surface area (Å²) in [5, 5.41) is 0. The van der Waals surface area contributed by atoms with E-state index in [2.05, 4.69) is 35.9 Å². The Hall–Kier alpha value is -0.790. The van der Waals surface area contributed by atoms with Crippen LogP contribution in [0.5, 0.6) is 0 Å². The van der Waals surface area contributed by atoms with E-state index in [1.807, 2.05) is 0 Å². The van der Waals surface area contributed by atoms with Crippen LogP contribution in [0, 0.1) is 0 Å². The molecule has 0 saturated heterocycles. The smallest absolute Gasteiger partial charge is 0.0990 e. The van der Waals surface area contributed by atoms with Crippen LogP contribution < -0.4 is 0 Å². The molecule has 1 rings (SSSR count). The van der Waals surface area contributed by atoms with Crippen molar-refractivity contribution in [3.8, 4) is 0 Å². The first-order valence-corrected chi connectivity index (χ1v) is 11.8. The lowest BCUT2D eigenvalue weighted by molar-refractivity contribution is 0.444. The van der Waals surface area contributed by atoms with E-state index in [1.54, 1.807) is 0 Å². The van der Waals surface area contributed by atoms with Gasteiger partial charge < -0.3 is 4.90 Å². The molecule has 26 heavy (non-hydrogen) atoms. The SMILES string of the molecule is CCCCCCCC/C=C\CCCCCCCCC1=NCCN1CCC. The average Bonchev–Trinajstić information content (AvgIpc) is 3.09. The van der Waals surface area contributed by atoms with E-state index < -0.39 is 0 Å². The number of hydrogen-bond acceptors (Lipinski definition) is 2. The van der Waals surface area contributed by atoms with Gasteiger partial charge in [-0.2, -0.15) is 0 Å². The molecule has 0 atom stereocenters. The molecule has 0 fully saturated rings. The first kappa shape index (κ1) is 23.2. The molecule has 2 heteroatoms. The summed E-state index contributed by atoms with van der Waals surface area (Å²) in [5.74, 6) is 1.39. The molecular weight excluding hydrogens is 316 g/mol. The van der Waals surface area contributed by atoms with Crippen LogP contribution in [0.4, 0.5) is 0 Å². The maximum atomic E-state index is 4.68. The van der Waals surface area contributed by atoms with Gasteiger partial charge in [-0.3, -0.25) is 4.99 Å². The van der Waals surface area contributed by atoms with Gasteiger partial charge in [0.15, 0.2) is 0 Å². The van der Waals surface area contributed by atoms with Crippen LogP contribution in [-0.2, 0) is 0 Å². The largest absolute Gasteiger partial charge is 0.359 e. The molecule has 152 valence electrons. The summed E-state index contributed by atoms with van der Waals surface area (Å²) < 4.78 is 0. The van der Waals surface area contributed by atoms with Crippen molar-refractivity contribution in [2.45, 2.75) is 117 Å². The zero-order valence-corrected chi connectivity index (χ0v) is 18.0. The molecule has 0 N–H and O–H groups in total. The van der Waals surface area contributed by atoms with Crippen LogP contribution in [0.15, 0.2) is 17.1 Å². The van der Waals surface area contributed by atoms with Gasteiger partial charge in [-0.25, -0.2) is 0 Å². The highest BCUT2D eigenvalue weighted by molar-refractivity contribution is 5.83. The summed E-state index contributed by atoms with van der Waals surface area (Å²) in [5.41, 5.74) is 0. The van der Waals surface area contributed by atoms with E-state index in [-0.39, 0.29) is 0 Å². The van der Waals surface area contributed by atoms with E-state index in [1.165, 1.54) is 115 Å². The van der Waals surface area contributed by atoms with Gasteiger partial charge >= 0.3 is 0 Å². The topological polar surface area (TPSA) is 15.6 Å². The van der Waals surface area contributed by atoms with E-state index in [9.17, 15) is 0 Å². The zero-order chi connectivity index (χ0) is 18.7. The molecule has 0 aromatic heterocycles. The molecule has 0 unspecified atom stereocenters. The summed E-state index contributed by atoms with van der Waals surface area (Å²) in [4.78, 5) is 7.18. The lowest BCUT2D eigenvalue weighted by atomic mass is 10.1. The summed E-state index contributed by atoms with van der Waals surface area (Å²) in [6.45, 7) is 7.94. The first-order chi connectivity index (χ1) is 12.9. The normalized spacial score (nSPS) is 14.5. The fourth-order valence-corrected chi connectivity index (χ4v) is 3.81. The Labute approximate surface area is 164 Å². The Bertz CT molecular complexity index is 359. The number of unbranched alkanes of at least 4 members (excludes halogenated alkanes) is 12. The second-order valence-corrected chi connectivity index (χ2v) is 7.97. The lowest BCUT2D eigenvalue weighted by Crippen LogP contribution is -2.28. The quantitative estimate of drug-likeness (QED) is 0.182. The maximum absolute atomic E-state index is 4.68. The fraction of sp³-hybridized carbons (Fsp3) is 0.875. The van der Waals surface area contributed by atoms with Crippen molar-refractivity contribution in [2.24, 2.45) is 4.99 Å². The molecule has 0 aromatic rings. The molecule has 0 bridgehead atoms. The molecule has 0 amide bonds. The van der Waals surface area contributed by atoms with Gasteiger partial charge in [0.25, 0.3) is 0 Å². The minimum Gasteiger partial charge on any atom is -0.359 e. The average molecular weight is 363 g/mol. The Morgan fingerprint density at radius 1 is 0.731 bits per heavy atom. The van der Waals surface area contributed by atoms with Crippen molar-refractivity contribution in [1.82, 2.24) is 4.90 Å². The van der Waals surface area contributed by atoms with Crippen molar-refractivity contribution in [3.05, 3.63) is 12.2 Å². The van der Waals surface area contributed by atoms with E-state index in [4.69, 9.17) is 0 Å². The number of rotatable bonds is 18. The molecule has 0 spiro atoms. The second-order valence-electron chi connectivity index (χ2n) is 7.97. The Kier molecular flexibility index (Phi) is 15.8. The summed E-state index contributed by atoms with van der Waals surface area (Å²) >= 11 is 0. The molecule has 0 aliphatic carbocycles. The molecule has 1 aliphatic heterocycles. The standard InChI is InChI=1S/C24H46N2/c1-3-5-6-7-8-9-10-11-12-13-14-15-16-17-18-19-20-24-25-21-23-26(24)22-4-2/h11-12H,3-10,13-23H2,1-2H3/b12-11-. The summed E-state index contributed by atoms with van der Waals surface area (Å²) in [7, 11) is 0. The highest BCUT2D eigenvalue weighted by Crippen LogP contribution is 2.13. The van der Waals surface area contributed by atoms with Gasteiger partial charge in [0.1, 0.15) is 0 Å². The van der Waals surface area contributed by atoms with Gasteiger partial charge in [0, 0.05) is 19.5 Å². The van der Waals surface area contributed by atoms with Crippen LogP contribution in [0.1, 0.15) is 117 Å². The number of aliphatic imine (C=N–C) groups is 1. The number of allylic oxidation sites excluding steroid dienone is 2. The molecule has 1 aliphatic rings. The van der Waals surface area contributed by atoms with E-state index in [0.29, 0.717) is 0 Å². The number of amidine groups is 1. The third kappa shape index (κ3) is 12.5. The van der Waals surface area contributed by atoms with E-state index in [0.717, 1.165) is 13.1 Å². The van der Waals surface area contributed by atoms with Crippen LogP contribution >= 0.6 is 0 Å².